The molecule has 0 radical (unpaired) electrons. The van der Waals surface area contributed by atoms with Gasteiger partial charge in [0.15, 0.2) is 0 Å². The minimum atomic E-state index is -0.331. The Morgan fingerprint density at radius 3 is 2.83 bits per heavy atom. The first-order chi connectivity index (χ1) is 5.65. The number of nitrogens with zero attached hydrogens (tertiary/aromatic N) is 1. The van der Waals surface area contributed by atoms with E-state index < -0.39 is 0 Å². The van der Waals surface area contributed by atoms with E-state index in [9.17, 15) is 0 Å². The van der Waals surface area contributed by atoms with Crippen LogP contribution in [0.2, 0.25) is 5.02 Å². The van der Waals surface area contributed by atoms with Crippen molar-refractivity contribution in [3.05, 3.63) is 35.6 Å². The Hall–Kier alpha value is -1.06. The summed E-state index contributed by atoms with van der Waals surface area (Å²) in [5.41, 5.74) is 12.4. The van der Waals surface area contributed by atoms with Crippen LogP contribution in [0.4, 0.5) is 5.69 Å². The molecular weight excluding hydrogens is 174 g/mol. The van der Waals surface area contributed by atoms with Crippen LogP contribution in [-0.2, 0) is 0 Å². The lowest BCUT2D eigenvalue weighted by molar-refractivity contribution is 0.868. The Morgan fingerprint density at radius 2 is 2.33 bits per heavy atom. The van der Waals surface area contributed by atoms with Gasteiger partial charge in [-0.3, -0.25) is 4.98 Å². The number of hydrogen-bond acceptors (Lipinski definition) is 3. The molecule has 1 heterocycles. The fraction of sp³-hybridized carbons (Fsp3) is 0.125. The highest BCUT2D eigenvalue weighted by Crippen LogP contribution is 2.19. The smallest absolute Gasteiger partial charge is 0.0839 e. The molecule has 0 aromatic carbocycles. The number of pyridine rings is 1. The van der Waals surface area contributed by atoms with E-state index in [4.69, 9.17) is 23.1 Å². The number of anilines is 1. The SMILES string of the molecule is C=C[C@H](N)c1ncc(Cl)cc1N. The number of nitrogen functional groups attached to an aromatic ring is 1. The van der Waals surface area contributed by atoms with Crippen LogP contribution < -0.4 is 11.5 Å². The maximum Gasteiger partial charge on any atom is 0.0839 e. The lowest BCUT2D eigenvalue weighted by atomic mass is 10.2. The third-order valence-electron chi connectivity index (χ3n) is 1.49. The molecule has 0 aliphatic carbocycles. The topological polar surface area (TPSA) is 64.9 Å². The summed E-state index contributed by atoms with van der Waals surface area (Å²) in [5.74, 6) is 0. The minimum Gasteiger partial charge on any atom is -0.397 e. The second kappa shape index (κ2) is 3.56. The Labute approximate surface area is 76.0 Å². The highest BCUT2D eigenvalue weighted by Gasteiger charge is 2.07. The molecule has 1 aromatic heterocycles. The van der Waals surface area contributed by atoms with Crippen LogP contribution in [0.5, 0.6) is 0 Å². The molecule has 4 N–H and O–H groups in total. The maximum absolute atomic E-state index is 5.66. The number of rotatable bonds is 2. The van der Waals surface area contributed by atoms with Crippen LogP contribution in [0.15, 0.2) is 24.9 Å². The summed E-state index contributed by atoms with van der Waals surface area (Å²) >= 11 is 5.66. The van der Waals surface area contributed by atoms with Gasteiger partial charge in [-0.1, -0.05) is 17.7 Å². The molecule has 12 heavy (non-hydrogen) atoms. The summed E-state index contributed by atoms with van der Waals surface area (Å²) in [6, 6.07) is 1.29. The van der Waals surface area contributed by atoms with E-state index in [0.717, 1.165) is 0 Å². The average molecular weight is 184 g/mol. The Kier molecular flexibility index (Phi) is 2.68. The van der Waals surface area contributed by atoms with E-state index in [0.29, 0.717) is 16.4 Å². The molecule has 0 unspecified atom stereocenters. The average Bonchev–Trinajstić information content (AvgIpc) is 2.03. The summed E-state index contributed by atoms with van der Waals surface area (Å²) in [4.78, 5) is 4.00. The Balaban J connectivity index is 3.09. The van der Waals surface area contributed by atoms with Crippen LogP contribution in [0.25, 0.3) is 0 Å². The summed E-state index contributed by atoms with van der Waals surface area (Å²) < 4.78 is 0. The zero-order valence-electron chi connectivity index (χ0n) is 6.50. The van der Waals surface area contributed by atoms with Crippen molar-refractivity contribution in [1.29, 1.82) is 0 Å². The molecule has 1 aromatic rings. The molecule has 3 nitrogen and oxygen atoms in total. The molecule has 0 aliphatic heterocycles. The van der Waals surface area contributed by atoms with E-state index in [1.807, 2.05) is 0 Å². The molecule has 1 rings (SSSR count). The normalized spacial score (nSPS) is 12.5. The molecule has 0 saturated carbocycles. The van der Waals surface area contributed by atoms with E-state index >= 15 is 0 Å². The highest BCUT2D eigenvalue weighted by atomic mass is 35.5. The van der Waals surface area contributed by atoms with Gasteiger partial charge in [0.05, 0.1) is 22.4 Å². The lowest BCUT2D eigenvalue weighted by Crippen LogP contribution is -2.11. The van der Waals surface area contributed by atoms with Crippen LogP contribution in [0, 0.1) is 0 Å². The van der Waals surface area contributed by atoms with Crippen LogP contribution >= 0.6 is 11.6 Å². The van der Waals surface area contributed by atoms with Crippen LogP contribution in [0.1, 0.15) is 11.7 Å². The van der Waals surface area contributed by atoms with Gasteiger partial charge < -0.3 is 11.5 Å². The van der Waals surface area contributed by atoms with Crippen LogP contribution in [0.3, 0.4) is 0 Å². The first-order valence-corrected chi connectivity index (χ1v) is 3.82. The molecule has 0 spiro atoms. The fourth-order valence-electron chi connectivity index (χ4n) is 0.856. The zero-order valence-corrected chi connectivity index (χ0v) is 7.25. The molecule has 0 amide bonds. The van der Waals surface area contributed by atoms with E-state index in [1.54, 1.807) is 12.1 Å². The van der Waals surface area contributed by atoms with Crippen molar-refractivity contribution in [2.75, 3.05) is 5.73 Å². The summed E-state index contributed by atoms with van der Waals surface area (Å²) in [6.07, 6.45) is 3.09. The third kappa shape index (κ3) is 1.75. The molecule has 0 aliphatic rings. The van der Waals surface area contributed by atoms with E-state index in [1.165, 1.54) is 6.20 Å². The summed E-state index contributed by atoms with van der Waals surface area (Å²) in [5, 5.41) is 0.507. The molecule has 1 atom stereocenters. The number of nitrogens with two attached hydrogens (primary N) is 2. The van der Waals surface area contributed by atoms with Gasteiger partial charge in [-0.15, -0.1) is 6.58 Å². The minimum absolute atomic E-state index is 0.331. The lowest BCUT2D eigenvalue weighted by Gasteiger charge is -2.08. The molecule has 0 bridgehead atoms. The molecule has 0 fully saturated rings. The van der Waals surface area contributed by atoms with Gasteiger partial charge in [0.1, 0.15) is 0 Å². The van der Waals surface area contributed by atoms with E-state index in [-0.39, 0.29) is 6.04 Å². The maximum atomic E-state index is 5.66. The molecular formula is C8H10ClN3. The van der Waals surface area contributed by atoms with Gasteiger partial charge in [-0.05, 0) is 6.07 Å². The summed E-state index contributed by atoms with van der Waals surface area (Å²) in [6.45, 7) is 3.55. The number of hydrogen-bond donors (Lipinski definition) is 2. The van der Waals surface area contributed by atoms with Gasteiger partial charge in [0.2, 0.25) is 0 Å². The van der Waals surface area contributed by atoms with Gasteiger partial charge in [-0.2, -0.15) is 0 Å². The van der Waals surface area contributed by atoms with Crippen molar-refractivity contribution in [2.24, 2.45) is 5.73 Å². The van der Waals surface area contributed by atoms with Crippen molar-refractivity contribution in [2.45, 2.75) is 6.04 Å². The first kappa shape index (κ1) is 9.03. The predicted molar refractivity (Wildman–Crippen MR) is 50.8 cm³/mol. The molecule has 64 valence electrons. The summed E-state index contributed by atoms with van der Waals surface area (Å²) in [7, 11) is 0. The second-order valence-electron chi connectivity index (χ2n) is 2.39. The molecule has 0 saturated heterocycles. The van der Waals surface area contributed by atoms with Crippen molar-refractivity contribution < 1.29 is 0 Å². The first-order valence-electron chi connectivity index (χ1n) is 3.44. The van der Waals surface area contributed by atoms with Crippen LogP contribution in [-0.4, -0.2) is 4.98 Å². The van der Waals surface area contributed by atoms with Crippen molar-refractivity contribution >= 4 is 17.3 Å². The van der Waals surface area contributed by atoms with Gasteiger partial charge in [-0.25, -0.2) is 0 Å². The van der Waals surface area contributed by atoms with Crippen molar-refractivity contribution in [3.8, 4) is 0 Å². The van der Waals surface area contributed by atoms with Gasteiger partial charge >= 0.3 is 0 Å². The second-order valence-corrected chi connectivity index (χ2v) is 2.83. The largest absolute Gasteiger partial charge is 0.397 e. The number of aromatic nitrogens is 1. The molecule has 4 heteroatoms. The Bertz CT molecular complexity index is 298. The quantitative estimate of drug-likeness (QED) is 0.683. The number of halogens is 1. The van der Waals surface area contributed by atoms with Crippen molar-refractivity contribution in [1.82, 2.24) is 4.98 Å². The fourth-order valence-corrected chi connectivity index (χ4v) is 1.02. The third-order valence-corrected chi connectivity index (χ3v) is 1.69. The zero-order chi connectivity index (χ0) is 9.14. The standard InChI is InChI=1S/C8H10ClN3/c1-2-6(10)8-7(11)3-5(9)4-12-8/h2-4,6H,1,10-11H2/t6-/m0/s1. The predicted octanol–water partition coefficient (Wildman–Crippen LogP) is 1.50. The Morgan fingerprint density at radius 1 is 1.67 bits per heavy atom. The highest BCUT2D eigenvalue weighted by molar-refractivity contribution is 6.30. The van der Waals surface area contributed by atoms with Gasteiger partial charge in [0, 0.05) is 6.20 Å². The van der Waals surface area contributed by atoms with Gasteiger partial charge in [0.25, 0.3) is 0 Å². The van der Waals surface area contributed by atoms with E-state index in [2.05, 4.69) is 11.6 Å². The van der Waals surface area contributed by atoms with Crippen molar-refractivity contribution in [3.63, 3.8) is 0 Å². The monoisotopic (exact) mass is 183 g/mol.